The van der Waals surface area contributed by atoms with Gasteiger partial charge in [-0.3, -0.25) is 4.90 Å². The van der Waals surface area contributed by atoms with E-state index in [1.165, 1.54) is 9.35 Å². The smallest absolute Gasteiger partial charge is 0.339 e. The number of hydrogen-bond donors (Lipinski definition) is 0. The summed E-state index contributed by atoms with van der Waals surface area (Å²) < 4.78 is 6.21. The summed E-state index contributed by atoms with van der Waals surface area (Å²) in [5.74, 6) is 0.609. The maximum atomic E-state index is 11.7. The Kier molecular flexibility index (Phi) is 6.45. The predicted molar refractivity (Wildman–Crippen MR) is 104 cm³/mol. The molecule has 0 spiro atoms. The van der Waals surface area contributed by atoms with Crippen LogP contribution in [0.3, 0.4) is 0 Å². The number of aromatic nitrogens is 1. The van der Waals surface area contributed by atoms with Gasteiger partial charge in [-0.15, -0.1) is 11.3 Å². The molecule has 0 aromatic carbocycles. The van der Waals surface area contributed by atoms with Crippen molar-refractivity contribution in [1.29, 1.82) is 0 Å². The quantitative estimate of drug-likeness (QED) is 0.684. The van der Waals surface area contributed by atoms with Crippen molar-refractivity contribution in [2.75, 3.05) is 37.7 Å². The molecule has 2 aromatic rings. The van der Waals surface area contributed by atoms with Crippen molar-refractivity contribution in [3.05, 3.63) is 44.7 Å². The van der Waals surface area contributed by atoms with Gasteiger partial charge in [-0.1, -0.05) is 0 Å². The van der Waals surface area contributed by atoms with E-state index in [9.17, 15) is 4.79 Å². The summed E-state index contributed by atoms with van der Waals surface area (Å²) in [6.45, 7) is 7.18. The highest BCUT2D eigenvalue weighted by atomic mass is 79.9. The Morgan fingerprint density at radius 3 is 2.84 bits per heavy atom. The number of ether oxygens (including phenoxy) is 1. The summed E-state index contributed by atoms with van der Waals surface area (Å²) in [6.07, 6.45) is 2.71. The number of pyridine rings is 1. The minimum atomic E-state index is -0.315. The fourth-order valence-electron chi connectivity index (χ4n) is 2.91. The third kappa shape index (κ3) is 4.80. The van der Waals surface area contributed by atoms with Crippen molar-refractivity contribution < 1.29 is 9.53 Å². The standard InChI is InChI=1S/C18H22BrN3O2S/c1-2-24-18(23)14-4-5-17(20-12-14)22-8-3-7-21(9-10-22)13-16-15(19)6-11-25-16/h4-6,11-12H,2-3,7-10,13H2,1H3. The summed E-state index contributed by atoms with van der Waals surface area (Å²) in [4.78, 5) is 22.3. The monoisotopic (exact) mass is 423 g/mol. The fraction of sp³-hybridized carbons (Fsp3) is 0.444. The van der Waals surface area contributed by atoms with E-state index in [2.05, 4.69) is 42.2 Å². The molecule has 1 fully saturated rings. The number of thiophene rings is 1. The molecule has 0 N–H and O–H groups in total. The van der Waals surface area contributed by atoms with Gasteiger partial charge < -0.3 is 9.64 Å². The number of esters is 1. The maximum Gasteiger partial charge on any atom is 0.339 e. The average molecular weight is 424 g/mol. The Morgan fingerprint density at radius 1 is 1.28 bits per heavy atom. The second-order valence-electron chi connectivity index (χ2n) is 5.93. The lowest BCUT2D eigenvalue weighted by Gasteiger charge is -2.22. The van der Waals surface area contributed by atoms with Crippen LogP contribution >= 0.6 is 27.3 Å². The van der Waals surface area contributed by atoms with Crippen LogP contribution in [0.2, 0.25) is 0 Å². The summed E-state index contributed by atoms with van der Waals surface area (Å²) in [6, 6.07) is 5.82. The summed E-state index contributed by atoms with van der Waals surface area (Å²) >= 11 is 5.41. The van der Waals surface area contributed by atoms with E-state index >= 15 is 0 Å². The number of hydrogen-bond acceptors (Lipinski definition) is 6. The molecule has 7 heteroatoms. The van der Waals surface area contributed by atoms with Crippen LogP contribution in [0.25, 0.3) is 0 Å². The Morgan fingerprint density at radius 2 is 2.16 bits per heavy atom. The third-order valence-corrected chi connectivity index (χ3v) is 6.14. The second-order valence-corrected chi connectivity index (χ2v) is 7.79. The lowest BCUT2D eigenvalue weighted by molar-refractivity contribution is 0.0526. The average Bonchev–Trinajstić information content (AvgIpc) is 2.88. The van der Waals surface area contributed by atoms with Crippen LogP contribution in [0.1, 0.15) is 28.6 Å². The first kappa shape index (κ1) is 18.4. The first-order chi connectivity index (χ1) is 12.2. The highest BCUT2D eigenvalue weighted by molar-refractivity contribution is 9.10. The Balaban J connectivity index is 1.59. The van der Waals surface area contributed by atoms with E-state index in [0.29, 0.717) is 12.2 Å². The lowest BCUT2D eigenvalue weighted by atomic mass is 10.2. The molecule has 1 saturated heterocycles. The van der Waals surface area contributed by atoms with E-state index in [-0.39, 0.29) is 5.97 Å². The van der Waals surface area contributed by atoms with Gasteiger partial charge in [0.2, 0.25) is 0 Å². The van der Waals surface area contributed by atoms with E-state index < -0.39 is 0 Å². The normalized spacial score (nSPS) is 15.8. The molecule has 0 amide bonds. The molecule has 0 bridgehead atoms. The van der Waals surface area contributed by atoms with Crippen LogP contribution in [0.4, 0.5) is 5.82 Å². The molecule has 0 radical (unpaired) electrons. The molecule has 3 rings (SSSR count). The SMILES string of the molecule is CCOC(=O)c1ccc(N2CCCN(Cc3sccc3Br)CC2)nc1. The van der Waals surface area contributed by atoms with Gasteiger partial charge in [0.25, 0.3) is 0 Å². The number of carbonyl (C=O) groups is 1. The van der Waals surface area contributed by atoms with Crippen LogP contribution in [-0.4, -0.2) is 48.6 Å². The van der Waals surface area contributed by atoms with Crippen molar-refractivity contribution in [2.45, 2.75) is 19.9 Å². The Hall–Kier alpha value is -1.44. The third-order valence-electron chi connectivity index (χ3n) is 4.23. The molecule has 3 heterocycles. The van der Waals surface area contributed by atoms with Gasteiger partial charge in [0.05, 0.1) is 12.2 Å². The molecule has 134 valence electrons. The molecule has 1 aliphatic rings. The molecule has 0 aliphatic carbocycles. The fourth-order valence-corrected chi connectivity index (χ4v) is 4.43. The van der Waals surface area contributed by atoms with E-state index in [4.69, 9.17) is 4.74 Å². The molecule has 0 saturated carbocycles. The summed E-state index contributed by atoms with van der Waals surface area (Å²) in [5.41, 5.74) is 0.504. The molecule has 0 unspecified atom stereocenters. The molecule has 2 aromatic heterocycles. The van der Waals surface area contributed by atoms with Gasteiger partial charge in [0.1, 0.15) is 5.82 Å². The van der Waals surface area contributed by atoms with Crippen molar-refractivity contribution in [3.8, 4) is 0 Å². The first-order valence-corrected chi connectivity index (χ1v) is 10.2. The van der Waals surface area contributed by atoms with Crippen molar-refractivity contribution in [3.63, 3.8) is 0 Å². The van der Waals surface area contributed by atoms with Crippen LogP contribution in [0.15, 0.2) is 34.2 Å². The van der Waals surface area contributed by atoms with Gasteiger partial charge in [0, 0.05) is 48.3 Å². The largest absolute Gasteiger partial charge is 0.462 e. The van der Waals surface area contributed by atoms with E-state index in [0.717, 1.165) is 45.0 Å². The molecule has 5 nitrogen and oxygen atoms in total. The van der Waals surface area contributed by atoms with Crippen molar-refractivity contribution >= 4 is 39.1 Å². The minimum Gasteiger partial charge on any atom is -0.462 e. The van der Waals surface area contributed by atoms with E-state index in [1.54, 1.807) is 30.5 Å². The predicted octanol–water partition coefficient (Wildman–Crippen LogP) is 3.79. The molecule has 25 heavy (non-hydrogen) atoms. The number of nitrogens with zero attached hydrogens (tertiary/aromatic N) is 3. The highest BCUT2D eigenvalue weighted by Gasteiger charge is 2.18. The van der Waals surface area contributed by atoms with Crippen LogP contribution < -0.4 is 4.90 Å². The van der Waals surface area contributed by atoms with Gasteiger partial charge in [-0.05, 0) is 52.9 Å². The highest BCUT2D eigenvalue weighted by Crippen LogP contribution is 2.25. The summed E-state index contributed by atoms with van der Waals surface area (Å²) in [7, 11) is 0. The second kappa shape index (κ2) is 8.78. The van der Waals surface area contributed by atoms with Gasteiger partial charge >= 0.3 is 5.97 Å². The topological polar surface area (TPSA) is 45.7 Å². The zero-order valence-corrected chi connectivity index (χ0v) is 16.7. The van der Waals surface area contributed by atoms with Gasteiger partial charge in [0.15, 0.2) is 0 Å². The number of carbonyl (C=O) groups excluding carboxylic acids is 1. The van der Waals surface area contributed by atoms with Gasteiger partial charge in [-0.25, -0.2) is 9.78 Å². The minimum absolute atomic E-state index is 0.315. The van der Waals surface area contributed by atoms with Crippen molar-refractivity contribution in [2.24, 2.45) is 0 Å². The van der Waals surface area contributed by atoms with Crippen LogP contribution in [0.5, 0.6) is 0 Å². The zero-order chi connectivity index (χ0) is 17.6. The molecule has 0 atom stereocenters. The van der Waals surface area contributed by atoms with Gasteiger partial charge in [-0.2, -0.15) is 0 Å². The summed E-state index contributed by atoms with van der Waals surface area (Å²) in [5, 5.41) is 2.12. The molecule has 1 aliphatic heterocycles. The maximum absolute atomic E-state index is 11.7. The molecular formula is C18H22BrN3O2S. The van der Waals surface area contributed by atoms with Crippen LogP contribution in [-0.2, 0) is 11.3 Å². The van der Waals surface area contributed by atoms with E-state index in [1.807, 2.05) is 6.07 Å². The Bertz CT molecular complexity index is 705. The lowest BCUT2D eigenvalue weighted by Crippen LogP contribution is -2.30. The first-order valence-electron chi connectivity index (χ1n) is 8.49. The number of rotatable bonds is 5. The van der Waals surface area contributed by atoms with Crippen LogP contribution in [0, 0.1) is 0 Å². The molecular weight excluding hydrogens is 402 g/mol. The Labute approximate surface area is 160 Å². The zero-order valence-electron chi connectivity index (χ0n) is 14.3. The number of anilines is 1. The van der Waals surface area contributed by atoms with Crippen molar-refractivity contribution in [1.82, 2.24) is 9.88 Å². The number of halogens is 1.